The minimum absolute atomic E-state index is 0.215. The second-order valence-corrected chi connectivity index (χ2v) is 8.24. The van der Waals surface area contributed by atoms with E-state index in [4.69, 9.17) is 4.42 Å². The predicted molar refractivity (Wildman–Crippen MR) is 117 cm³/mol. The Labute approximate surface area is 175 Å². The van der Waals surface area contributed by atoms with Crippen molar-refractivity contribution in [3.8, 4) is 17.2 Å². The van der Waals surface area contributed by atoms with Crippen molar-refractivity contribution in [1.29, 1.82) is 0 Å². The number of rotatable bonds is 10. The minimum atomic E-state index is -0.215. The molecular weight excluding hydrogens is 386 g/mol. The van der Waals surface area contributed by atoms with E-state index in [0.717, 1.165) is 42.2 Å². The predicted octanol–water partition coefficient (Wildman–Crippen LogP) is 4.04. The molecule has 0 bridgehead atoms. The van der Waals surface area contributed by atoms with E-state index in [0.29, 0.717) is 11.8 Å². The Morgan fingerprint density at radius 3 is 2.69 bits per heavy atom. The van der Waals surface area contributed by atoms with Gasteiger partial charge in [-0.25, -0.2) is 4.98 Å². The van der Waals surface area contributed by atoms with Crippen molar-refractivity contribution < 1.29 is 9.52 Å². The van der Waals surface area contributed by atoms with Gasteiger partial charge < -0.3 is 19.7 Å². The molecule has 0 amide bonds. The second kappa shape index (κ2) is 10.3. The molecule has 7 nitrogen and oxygen atoms in total. The number of benzene rings is 1. The third-order valence-electron chi connectivity index (χ3n) is 4.32. The van der Waals surface area contributed by atoms with Gasteiger partial charge in [-0.15, -0.1) is 22.0 Å². The summed E-state index contributed by atoms with van der Waals surface area (Å²) >= 11 is 1.64. The highest BCUT2D eigenvalue weighted by Gasteiger charge is 2.23. The molecule has 1 atom stereocenters. The largest absolute Gasteiger partial charge is 0.508 e. The summed E-state index contributed by atoms with van der Waals surface area (Å²) in [6, 6.07) is 11.1. The molecule has 0 spiro atoms. The van der Waals surface area contributed by atoms with Crippen molar-refractivity contribution in [2.75, 3.05) is 38.3 Å². The highest BCUT2D eigenvalue weighted by atomic mass is 32.2. The molecule has 3 aromatic rings. The lowest BCUT2D eigenvalue weighted by molar-refractivity contribution is 0.405. The first-order valence-electron chi connectivity index (χ1n) is 9.66. The number of pyridine rings is 1. The number of para-hydroxylation sites is 1. The van der Waals surface area contributed by atoms with Crippen LogP contribution in [-0.4, -0.2) is 58.1 Å². The number of nitrogens with zero attached hydrogens (tertiary/aromatic N) is 4. The Bertz CT molecular complexity index is 898. The fraction of sp³-hybridized carbons (Fsp3) is 0.381. The first-order chi connectivity index (χ1) is 14.1. The Morgan fingerprint density at radius 1 is 1.17 bits per heavy atom. The van der Waals surface area contributed by atoms with Crippen molar-refractivity contribution in [3.63, 3.8) is 0 Å². The van der Waals surface area contributed by atoms with Crippen LogP contribution in [0.4, 0.5) is 5.82 Å². The highest BCUT2D eigenvalue weighted by molar-refractivity contribution is 7.99. The molecule has 0 radical (unpaired) electrons. The summed E-state index contributed by atoms with van der Waals surface area (Å²) in [6.45, 7) is 3.96. The van der Waals surface area contributed by atoms with Crippen LogP contribution in [0.25, 0.3) is 11.5 Å². The third-order valence-corrected chi connectivity index (χ3v) is 5.44. The van der Waals surface area contributed by atoms with Crippen LogP contribution in [-0.2, 0) is 0 Å². The highest BCUT2D eigenvalue weighted by Crippen LogP contribution is 2.39. The Hall–Kier alpha value is -2.58. The van der Waals surface area contributed by atoms with Crippen molar-refractivity contribution in [2.24, 2.45) is 0 Å². The third kappa shape index (κ3) is 5.71. The number of thioether (sulfide) groups is 1. The van der Waals surface area contributed by atoms with E-state index in [2.05, 4.69) is 46.4 Å². The van der Waals surface area contributed by atoms with Gasteiger partial charge in [0.25, 0.3) is 0 Å². The summed E-state index contributed by atoms with van der Waals surface area (Å²) in [5.74, 6) is 2.79. The normalized spacial score (nSPS) is 12.3. The number of phenolic OH excluding ortho intramolecular Hbond substituents is 1. The van der Waals surface area contributed by atoms with Crippen LogP contribution in [0.1, 0.15) is 30.0 Å². The average Bonchev–Trinajstić information content (AvgIpc) is 3.20. The fourth-order valence-corrected chi connectivity index (χ4v) is 3.81. The van der Waals surface area contributed by atoms with Crippen LogP contribution >= 0.6 is 11.8 Å². The van der Waals surface area contributed by atoms with Gasteiger partial charge >= 0.3 is 0 Å². The molecule has 0 aliphatic rings. The van der Waals surface area contributed by atoms with E-state index in [-0.39, 0.29) is 11.0 Å². The lowest BCUT2D eigenvalue weighted by Crippen LogP contribution is -2.16. The van der Waals surface area contributed by atoms with Crippen molar-refractivity contribution in [3.05, 3.63) is 54.0 Å². The van der Waals surface area contributed by atoms with Gasteiger partial charge in [0.05, 0.1) is 5.56 Å². The van der Waals surface area contributed by atoms with Gasteiger partial charge in [-0.2, -0.15) is 0 Å². The standard InChI is InChI=1S/C21H27N5O2S/c1-4-29-19(16-8-5-6-9-17(16)27)21-25-24-20(28-21)15-10-11-18(23-14-15)22-12-7-13-26(2)3/h5-6,8-11,14,19,27H,4,7,12-13H2,1-3H3,(H,22,23). The summed E-state index contributed by atoms with van der Waals surface area (Å²) in [6.07, 6.45) is 2.78. The van der Waals surface area contributed by atoms with E-state index in [1.54, 1.807) is 30.1 Å². The minimum Gasteiger partial charge on any atom is -0.508 e. The van der Waals surface area contributed by atoms with Gasteiger partial charge in [-0.05, 0) is 51.0 Å². The molecular formula is C21H27N5O2S. The zero-order valence-corrected chi connectivity index (χ0v) is 17.8. The van der Waals surface area contributed by atoms with Gasteiger partial charge in [-0.1, -0.05) is 25.1 Å². The first kappa shape index (κ1) is 21.1. The van der Waals surface area contributed by atoms with Crippen LogP contribution in [0.3, 0.4) is 0 Å². The molecule has 0 aliphatic heterocycles. The Balaban J connectivity index is 1.70. The van der Waals surface area contributed by atoms with Crippen molar-refractivity contribution in [2.45, 2.75) is 18.6 Å². The van der Waals surface area contributed by atoms with Crippen molar-refractivity contribution >= 4 is 17.6 Å². The number of hydrogen-bond donors (Lipinski definition) is 2. The molecule has 2 heterocycles. The van der Waals surface area contributed by atoms with Gasteiger partial charge in [0.2, 0.25) is 11.8 Å². The maximum Gasteiger partial charge on any atom is 0.249 e. The van der Waals surface area contributed by atoms with E-state index in [9.17, 15) is 5.11 Å². The average molecular weight is 414 g/mol. The van der Waals surface area contributed by atoms with E-state index >= 15 is 0 Å². The number of aromatic nitrogens is 3. The fourth-order valence-electron chi connectivity index (χ4n) is 2.86. The zero-order chi connectivity index (χ0) is 20.6. The summed E-state index contributed by atoms with van der Waals surface area (Å²) in [5.41, 5.74) is 1.53. The maximum atomic E-state index is 10.2. The van der Waals surface area contributed by atoms with Crippen LogP contribution in [0.5, 0.6) is 5.75 Å². The van der Waals surface area contributed by atoms with E-state index in [1.807, 2.05) is 24.3 Å². The zero-order valence-electron chi connectivity index (χ0n) is 17.0. The van der Waals surface area contributed by atoms with E-state index in [1.165, 1.54) is 0 Å². The number of aromatic hydroxyl groups is 1. The molecule has 0 aliphatic carbocycles. The van der Waals surface area contributed by atoms with Gasteiger partial charge in [0.1, 0.15) is 16.8 Å². The van der Waals surface area contributed by atoms with Crippen LogP contribution in [0.2, 0.25) is 0 Å². The summed E-state index contributed by atoms with van der Waals surface area (Å²) in [7, 11) is 4.13. The maximum absolute atomic E-state index is 10.2. The number of phenols is 1. The van der Waals surface area contributed by atoms with Crippen LogP contribution < -0.4 is 5.32 Å². The number of hydrogen-bond acceptors (Lipinski definition) is 8. The molecule has 0 fully saturated rings. The Morgan fingerprint density at radius 2 is 2.00 bits per heavy atom. The van der Waals surface area contributed by atoms with Crippen molar-refractivity contribution in [1.82, 2.24) is 20.1 Å². The first-order valence-corrected chi connectivity index (χ1v) is 10.7. The van der Waals surface area contributed by atoms with Gasteiger partial charge in [0, 0.05) is 18.3 Å². The SMILES string of the molecule is CCSC(c1nnc(-c2ccc(NCCCN(C)C)nc2)o1)c1ccccc1O. The van der Waals surface area contributed by atoms with Gasteiger partial charge in [-0.3, -0.25) is 0 Å². The molecule has 154 valence electrons. The van der Waals surface area contributed by atoms with Crippen LogP contribution in [0.15, 0.2) is 47.0 Å². The molecule has 1 aromatic carbocycles. The molecule has 8 heteroatoms. The van der Waals surface area contributed by atoms with Crippen LogP contribution in [0, 0.1) is 0 Å². The Kier molecular flexibility index (Phi) is 7.48. The number of nitrogens with one attached hydrogen (secondary N) is 1. The smallest absolute Gasteiger partial charge is 0.249 e. The molecule has 2 N–H and O–H groups in total. The molecule has 1 unspecified atom stereocenters. The quantitative estimate of drug-likeness (QED) is 0.482. The molecule has 2 aromatic heterocycles. The van der Waals surface area contributed by atoms with E-state index < -0.39 is 0 Å². The molecule has 0 saturated heterocycles. The summed E-state index contributed by atoms with van der Waals surface area (Å²) in [4.78, 5) is 6.59. The lowest BCUT2D eigenvalue weighted by Gasteiger charge is -2.13. The topological polar surface area (TPSA) is 87.3 Å². The second-order valence-electron chi connectivity index (χ2n) is 6.86. The summed E-state index contributed by atoms with van der Waals surface area (Å²) < 4.78 is 5.94. The lowest BCUT2D eigenvalue weighted by atomic mass is 10.1. The molecule has 3 rings (SSSR count). The molecule has 29 heavy (non-hydrogen) atoms. The number of anilines is 1. The monoisotopic (exact) mass is 413 g/mol. The summed E-state index contributed by atoms with van der Waals surface area (Å²) in [5, 5.41) is 21.7. The van der Waals surface area contributed by atoms with Gasteiger partial charge in [0.15, 0.2) is 0 Å². The molecule has 0 saturated carbocycles.